The van der Waals surface area contributed by atoms with E-state index in [4.69, 9.17) is 12.2 Å². The van der Waals surface area contributed by atoms with Gasteiger partial charge < -0.3 is 0 Å². The number of hydrogen-bond acceptors (Lipinski definition) is 3. The monoisotopic (exact) mass is 368 g/mol. The minimum Gasteiger partial charge on any atom is -0.261 e. The van der Waals surface area contributed by atoms with Crippen molar-refractivity contribution in [1.82, 2.24) is 19.7 Å². The molecule has 0 unspecified atom stereocenters. The quantitative estimate of drug-likeness (QED) is 0.694. The molecule has 0 bridgehead atoms. The van der Waals surface area contributed by atoms with E-state index >= 15 is 0 Å². The lowest BCUT2D eigenvalue weighted by Crippen LogP contribution is -2.05. The number of rotatable bonds is 2. The summed E-state index contributed by atoms with van der Waals surface area (Å²) in [5.41, 5.74) is 0.157. The van der Waals surface area contributed by atoms with Crippen LogP contribution >= 0.6 is 28.1 Å². The molecule has 3 aromatic rings. The topological polar surface area (TPSA) is 46.5 Å². The van der Waals surface area contributed by atoms with Crippen LogP contribution in [-0.4, -0.2) is 19.7 Å². The van der Waals surface area contributed by atoms with E-state index in [1.54, 1.807) is 24.4 Å². The molecule has 4 nitrogen and oxygen atoms in total. The van der Waals surface area contributed by atoms with Gasteiger partial charge in [-0.15, -0.1) is 0 Å². The van der Waals surface area contributed by atoms with Crippen molar-refractivity contribution < 1.29 is 8.78 Å². The molecule has 21 heavy (non-hydrogen) atoms. The highest BCUT2D eigenvalue weighted by atomic mass is 79.9. The molecule has 8 heteroatoms. The van der Waals surface area contributed by atoms with E-state index in [2.05, 4.69) is 31.1 Å². The Morgan fingerprint density at radius 1 is 1.19 bits per heavy atom. The molecule has 0 aliphatic carbocycles. The van der Waals surface area contributed by atoms with Crippen molar-refractivity contribution >= 4 is 28.1 Å². The van der Waals surface area contributed by atoms with Gasteiger partial charge in [-0.1, -0.05) is 22.0 Å². The fourth-order valence-electron chi connectivity index (χ4n) is 1.92. The van der Waals surface area contributed by atoms with Gasteiger partial charge in [-0.05, 0) is 36.5 Å². The molecule has 0 aliphatic heterocycles. The number of benzene rings is 1. The molecule has 0 amide bonds. The number of aromatic amines is 1. The summed E-state index contributed by atoms with van der Waals surface area (Å²) in [7, 11) is 0. The largest absolute Gasteiger partial charge is 0.261 e. The first-order valence-electron chi connectivity index (χ1n) is 5.81. The Balaban J connectivity index is 2.30. The van der Waals surface area contributed by atoms with Crippen LogP contribution < -0.4 is 0 Å². The summed E-state index contributed by atoms with van der Waals surface area (Å²) in [6.07, 6.45) is 1.56. The Hall–Kier alpha value is -1.93. The van der Waals surface area contributed by atoms with E-state index < -0.39 is 11.6 Å². The van der Waals surface area contributed by atoms with Crippen molar-refractivity contribution in [3.05, 3.63) is 57.4 Å². The summed E-state index contributed by atoms with van der Waals surface area (Å²) in [5.74, 6) is -1.27. The average molecular weight is 369 g/mol. The van der Waals surface area contributed by atoms with Crippen LogP contribution in [0.15, 0.2) is 41.0 Å². The highest BCUT2D eigenvalue weighted by Gasteiger charge is 2.19. The third-order valence-corrected chi connectivity index (χ3v) is 3.50. The van der Waals surface area contributed by atoms with Gasteiger partial charge in [0.1, 0.15) is 11.4 Å². The lowest BCUT2D eigenvalue weighted by molar-refractivity contribution is 0.567. The second-order valence-electron chi connectivity index (χ2n) is 4.12. The van der Waals surface area contributed by atoms with E-state index in [1.807, 2.05) is 0 Å². The molecule has 0 saturated heterocycles. The van der Waals surface area contributed by atoms with Gasteiger partial charge in [0.15, 0.2) is 22.2 Å². The van der Waals surface area contributed by atoms with Crippen molar-refractivity contribution in [2.75, 3.05) is 0 Å². The van der Waals surface area contributed by atoms with Crippen molar-refractivity contribution in [3.8, 4) is 17.2 Å². The number of pyridine rings is 1. The van der Waals surface area contributed by atoms with Crippen LogP contribution in [0.4, 0.5) is 8.78 Å². The third-order valence-electron chi connectivity index (χ3n) is 2.77. The summed E-state index contributed by atoms with van der Waals surface area (Å²) in [6, 6.07) is 7.48. The first kappa shape index (κ1) is 14.0. The van der Waals surface area contributed by atoms with Crippen molar-refractivity contribution in [2.24, 2.45) is 0 Å². The SMILES string of the molecule is Fc1cc(Br)cc(F)c1-n1c(-c2ccccn2)n[nH]c1=S. The minimum atomic E-state index is -0.753. The van der Waals surface area contributed by atoms with Gasteiger partial charge in [0.25, 0.3) is 0 Å². The standard InChI is InChI=1S/C13H7BrF2N4S/c14-7-5-8(15)11(9(16)6-7)20-12(18-19-13(20)21)10-3-1-2-4-17-10/h1-6H,(H,19,21). The van der Waals surface area contributed by atoms with Gasteiger partial charge in [0.2, 0.25) is 0 Å². The van der Waals surface area contributed by atoms with Crippen LogP contribution in [0, 0.1) is 16.4 Å². The molecule has 0 aliphatic rings. The molecule has 0 atom stereocenters. The smallest absolute Gasteiger partial charge is 0.200 e. The van der Waals surface area contributed by atoms with Gasteiger partial charge in [0.05, 0.1) is 0 Å². The molecule has 2 heterocycles. The molecule has 0 spiro atoms. The second kappa shape index (κ2) is 5.45. The maximum Gasteiger partial charge on any atom is 0.200 e. The Kier molecular flexibility index (Phi) is 3.64. The molecule has 1 aromatic carbocycles. The van der Waals surface area contributed by atoms with E-state index in [0.29, 0.717) is 10.2 Å². The number of hydrogen-bond donors (Lipinski definition) is 1. The average Bonchev–Trinajstić information content (AvgIpc) is 2.81. The molecule has 0 radical (unpaired) electrons. The fraction of sp³-hybridized carbons (Fsp3) is 0. The van der Waals surface area contributed by atoms with E-state index in [9.17, 15) is 8.78 Å². The molecule has 2 aromatic heterocycles. The number of H-pyrrole nitrogens is 1. The van der Waals surface area contributed by atoms with Crippen molar-refractivity contribution in [1.29, 1.82) is 0 Å². The highest BCUT2D eigenvalue weighted by Crippen LogP contribution is 2.26. The summed E-state index contributed by atoms with van der Waals surface area (Å²) in [5, 5.41) is 6.54. The molecule has 0 saturated carbocycles. The molecular formula is C13H7BrF2N4S. The normalized spacial score (nSPS) is 10.8. The van der Waals surface area contributed by atoms with Crippen molar-refractivity contribution in [3.63, 3.8) is 0 Å². The molecule has 3 rings (SSSR count). The number of aromatic nitrogens is 4. The van der Waals surface area contributed by atoms with Crippen LogP contribution in [0.3, 0.4) is 0 Å². The van der Waals surface area contributed by atoms with Gasteiger partial charge in [-0.2, -0.15) is 5.10 Å². The minimum absolute atomic E-state index is 0.0794. The molecule has 106 valence electrons. The van der Waals surface area contributed by atoms with Gasteiger partial charge >= 0.3 is 0 Å². The lowest BCUT2D eigenvalue weighted by Gasteiger charge is -2.09. The molecule has 0 fully saturated rings. The van der Waals surface area contributed by atoms with Gasteiger partial charge in [-0.3, -0.25) is 14.6 Å². The second-order valence-corrected chi connectivity index (χ2v) is 5.42. The fourth-order valence-corrected chi connectivity index (χ4v) is 2.54. The molecular weight excluding hydrogens is 362 g/mol. The summed E-state index contributed by atoms with van der Waals surface area (Å²) < 4.78 is 29.9. The van der Waals surface area contributed by atoms with Gasteiger partial charge in [-0.25, -0.2) is 8.78 Å². The zero-order valence-corrected chi connectivity index (χ0v) is 12.8. The van der Waals surface area contributed by atoms with Crippen LogP contribution in [0.2, 0.25) is 0 Å². The van der Waals surface area contributed by atoms with Crippen LogP contribution in [0.5, 0.6) is 0 Å². The van der Waals surface area contributed by atoms with Crippen LogP contribution in [-0.2, 0) is 0 Å². The summed E-state index contributed by atoms with van der Waals surface area (Å²) >= 11 is 8.12. The maximum absolute atomic E-state index is 14.2. The lowest BCUT2D eigenvalue weighted by atomic mass is 10.2. The van der Waals surface area contributed by atoms with Gasteiger partial charge in [0, 0.05) is 10.7 Å². The zero-order chi connectivity index (χ0) is 15.0. The predicted octanol–water partition coefficient (Wildman–Crippen LogP) is 4.03. The number of halogens is 3. The zero-order valence-electron chi connectivity index (χ0n) is 10.3. The predicted molar refractivity (Wildman–Crippen MR) is 79.6 cm³/mol. The third kappa shape index (κ3) is 2.52. The number of nitrogens with one attached hydrogen (secondary N) is 1. The Morgan fingerprint density at radius 2 is 1.90 bits per heavy atom. The van der Waals surface area contributed by atoms with E-state index in [-0.39, 0.29) is 16.3 Å². The Labute approximate surface area is 131 Å². The summed E-state index contributed by atoms with van der Waals surface area (Å²) in [6.45, 7) is 0. The maximum atomic E-state index is 14.2. The summed E-state index contributed by atoms with van der Waals surface area (Å²) in [4.78, 5) is 4.12. The Morgan fingerprint density at radius 3 is 2.52 bits per heavy atom. The van der Waals surface area contributed by atoms with Crippen LogP contribution in [0.25, 0.3) is 17.2 Å². The van der Waals surface area contributed by atoms with Crippen LogP contribution in [0.1, 0.15) is 0 Å². The Bertz CT molecular complexity index is 837. The first-order chi connectivity index (χ1) is 10.1. The van der Waals surface area contributed by atoms with E-state index in [0.717, 1.165) is 12.1 Å². The number of nitrogens with zero attached hydrogens (tertiary/aromatic N) is 3. The van der Waals surface area contributed by atoms with Crippen molar-refractivity contribution in [2.45, 2.75) is 0 Å². The molecule has 1 N–H and O–H groups in total. The highest BCUT2D eigenvalue weighted by molar-refractivity contribution is 9.10. The first-order valence-corrected chi connectivity index (χ1v) is 7.02. The van der Waals surface area contributed by atoms with E-state index in [1.165, 1.54) is 4.57 Å².